The van der Waals surface area contributed by atoms with Gasteiger partial charge in [0.15, 0.2) is 17.7 Å². The normalized spacial score (nSPS) is 34.4. The van der Waals surface area contributed by atoms with Crippen molar-refractivity contribution in [1.82, 2.24) is 9.97 Å². The number of carbonyl (C=O) groups excluding carboxylic acids is 4. The molecule has 202 valence electrons. The standard InChI is InChI=1S/C27H31N3O8/c1-14-11-29-20(12-28-14)30-25(34)38-18-9-17(23(32)35-4)26(2)7-5-16-24(33)37-19(15-6-8-36-13-15)10-27(16,3)22(26)21(18)31/h6,8,11-13,16-19,22H,5,7,9-10H2,1-4H3,(H,29,30,34)/t16-,17-,18-,19-,22-,26-,27-/m0/s1. The van der Waals surface area contributed by atoms with Gasteiger partial charge >= 0.3 is 18.0 Å². The first-order valence-corrected chi connectivity index (χ1v) is 12.7. The van der Waals surface area contributed by atoms with Crippen LogP contribution in [0.2, 0.25) is 0 Å². The highest BCUT2D eigenvalue weighted by molar-refractivity contribution is 5.94. The zero-order chi connectivity index (χ0) is 27.2. The van der Waals surface area contributed by atoms with Crippen molar-refractivity contribution in [3.05, 3.63) is 42.2 Å². The van der Waals surface area contributed by atoms with Crippen molar-refractivity contribution in [3.63, 3.8) is 0 Å². The quantitative estimate of drug-likeness (QED) is 0.462. The van der Waals surface area contributed by atoms with Gasteiger partial charge in [-0.05, 0) is 43.1 Å². The van der Waals surface area contributed by atoms with Gasteiger partial charge in [-0.1, -0.05) is 13.8 Å². The number of Topliss-reactive ketones (excluding diaryl/α,β-unsaturated/α-hetero) is 1. The van der Waals surface area contributed by atoms with E-state index in [0.717, 1.165) is 0 Å². The van der Waals surface area contributed by atoms with Crippen LogP contribution in [-0.2, 0) is 28.6 Å². The predicted molar refractivity (Wildman–Crippen MR) is 130 cm³/mol. The summed E-state index contributed by atoms with van der Waals surface area (Å²) in [5.41, 5.74) is -0.280. The Bertz CT molecular complexity index is 1250. The predicted octanol–water partition coefficient (Wildman–Crippen LogP) is 3.78. The Morgan fingerprint density at radius 2 is 1.95 bits per heavy atom. The van der Waals surface area contributed by atoms with Gasteiger partial charge in [0, 0.05) is 17.9 Å². The highest BCUT2D eigenvalue weighted by atomic mass is 16.6. The van der Waals surface area contributed by atoms with Gasteiger partial charge < -0.3 is 18.6 Å². The van der Waals surface area contributed by atoms with Gasteiger partial charge in [-0.25, -0.2) is 9.78 Å². The lowest BCUT2D eigenvalue weighted by Crippen LogP contribution is -2.64. The number of hydrogen-bond acceptors (Lipinski definition) is 10. The minimum atomic E-state index is -1.21. The van der Waals surface area contributed by atoms with Crippen LogP contribution in [0.4, 0.5) is 10.6 Å². The highest BCUT2D eigenvalue weighted by Crippen LogP contribution is 2.65. The zero-order valence-electron chi connectivity index (χ0n) is 21.8. The first kappa shape index (κ1) is 25.9. The van der Waals surface area contributed by atoms with E-state index < -0.39 is 52.9 Å². The molecule has 0 aromatic carbocycles. The molecule has 1 saturated heterocycles. The first-order valence-electron chi connectivity index (χ1n) is 12.7. The molecule has 7 atom stereocenters. The third-order valence-electron chi connectivity index (χ3n) is 8.76. The number of furan rings is 1. The molecule has 2 aromatic heterocycles. The van der Waals surface area contributed by atoms with E-state index in [-0.39, 0.29) is 24.0 Å². The average molecular weight is 526 g/mol. The molecule has 11 heteroatoms. The van der Waals surface area contributed by atoms with E-state index in [1.807, 2.05) is 13.8 Å². The van der Waals surface area contributed by atoms with Crippen molar-refractivity contribution in [2.45, 2.75) is 58.7 Å². The molecule has 0 radical (unpaired) electrons. The van der Waals surface area contributed by atoms with Crippen LogP contribution in [0.15, 0.2) is 35.4 Å². The van der Waals surface area contributed by atoms with Crippen LogP contribution in [0.25, 0.3) is 0 Å². The smallest absolute Gasteiger partial charge is 0.413 e. The molecule has 3 aliphatic rings. The van der Waals surface area contributed by atoms with Crippen molar-refractivity contribution in [3.8, 4) is 0 Å². The number of anilines is 1. The Hall–Kier alpha value is -3.76. The number of carbonyl (C=O) groups is 4. The summed E-state index contributed by atoms with van der Waals surface area (Å²) in [4.78, 5) is 61.4. The van der Waals surface area contributed by atoms with Crippen LogP contribution >= 0.6 is 0 Å². The zero-order valence-corrected chi connectivity index (χ0v) is 21.8. The molecule has 2 aliphatic carbocycles. The monoisotopic (exact) mass is 525 g/mol. The maximum atomic E-state index is 14.2. The summed E-state index contributed by atoms with van der Waals surface area (Å²) >= 11 is 0. The Labute approximate surface area is 219 Å². The number of hydrogen-bond donors (Lipinski definition) is 1. The molecule has 0 spiro atoms. The summed E-state index contributed by atoms with van der Waals surface area (Å²) in [5.74, 6) is -3.02. The molecule has 0 bridgehead atoms. The largest absolute Gasteiger partial charge is 0.472 e. The number of ketones is 1. The van der Waals surface area contributed by atoms with E-state index in [1.54, 1.807) is 13.0 Å². The Morgan fingerprint density at radius 1 is 1.16 bits per heavy atom. The molecule has 5 rings (SSSR count). The van der Waals surface area contributed by atoms with Gasteiger partial charge in [0.2, 0.25) is 0 Å². The molecule has 11 nitrogen and oxygen atoms in total. The number of aromatic nitrogens is 2. The Morgan fingerprint density at radius 3 is 2.61 bits per heavy atom. The molecule has 1 aliphatic heterocycles. The number of methoxy groups -OCH3 is 1. The van der Waals surface area contributed by atoms with Gasteiger partial charge in [-0.3, -0.25) is 24.7 Å². The topological polar surface area (TPSA) is 147 Å². The number of esters is 2. The summed E-state index contributed by atoms with van der Waals surface area (Å²) in [7, 11) is 1.30. The lowest BCUT2D eigenvalue weighted by Gasteiger charge is -2.60. The van der Waals surface area contributed by atoms with Crippen LogP contribution in [0, 0.1) is 35.5 Å². The number of nitrogens with zero attached hydrogens (tertiary/aromatic N) is 2. The van der Waals surface area contributed by atoms with E-state index >= 15 is 0 Å². The molecule has 2 aromatic rings. The molecule has 1 N–H and O–H groups in total. The number of nitrogens with one attached hydrogen (secondary N) is 1. The number of rotatable bonds is 4. The van der Waals surface area contributed by atoms with Crippen molar-refractivity contribution in [2.24, 2.45) is 28.6 Å². The third kappa shape index (κ3) is 4.23. The van der Waals surface area contributed by atoms with Crippen LogP contribution < -0.4 is 5.32 Å². The van der Waals surface area contributed by atoms with E-state index in [0.29, 0.717) is 30.5 Å². The van der Waals surface area contributed by atoms with Gasteiger partial charge in [-0.2, -0.15) is 0 Å². The van der Waals surface area contributed by atoms with Crippen molar-refractivity contribution >= 4 is 29.6 Å². The molecule has 2 saturated carbocycles. The Balaban J connectivity index is 1.48. The second-order valence-corrected chi connectivity index (χ2v) is 11.0. The van der Waals surface area contributed by atoms with Crippen molar-refractivity contribution < 1.29 is 37.8 Å². The molecular weight excluding hydrogens is 494 g/mol. The van der Waals surface area contributed by atoms with Crippen LogP contribution in [-0.4, -0.2) is 47.0 Å². The minimum Gasteiger partial charge on any atom is -0.472 e. The summed E-state index contributed by atoms with van der Waals surface area (Å²) in [6, 6.07) is 1.73. The van der Waals surface area contributed by atoms with Gasteiger partial charge in [0.1, 0.15) is 6.10 Å². The third-order valence-corrected chi connectivity index (χ3v) is 8.76. The molecular formula is C27H31N3O8. The number of ether oxygens (including phenoxy) is 3. The number of cyclic esters (lactones) is 1. The van der Waals surface area contributed by atoms with Crippen molar-refractivity contribution in [1.29, 1.82) is 0 Å². The van der Waals surface area contributed by atoms with Crippen LogP contribution in [0.3, 0.4) is 0 Å². The van der Waals surface area contributed by atoms with Crippen LogP contribution in [0.5, 0.6) is 0 Å². The molecule has 1 amide bonds. The summed E-state index contributed by atoms with van der Waals surface area (Å²) in [6.45, 7) is 5.57. The Kier molecular flexibility index (Phi) is 6.48. The number of fused-ring (bicyclic) bond motifs is 3. The van der Waals surface area contributed by atoms with Gasteiger partial charge in [-0.15, -0.1) is 0 Å². The van der Waals surface area contributed by atoms with Crippen LogP contribution in [0.1, 0.15) is 56.9 Å². The molecule has 3 fully saturated rings. The second kappa shape index (κ2) is 9.52. The lowest BCUT2D eigenvalue weighted by atomic mass is 9.43. The fourth-order valence-corrected chi connectivity index (χ4v) is 6.98. The molecule has 38 heavy (non-hydrogen) atoms. The van der Waals surface area contributed by atoms with E-state index in [1.165, 1.54) is 32.0 Å². The van der Waals surface area contributed by atoms with Gasteiger partial charge in [0.05, 0.1) is 49.6 Å². The molecule has 3 heterocycles. The van der Waals surface area contributed by atoms with Gasteiger partial charge in [0.25, 0.3) is 0 Å². The number of amides is 1. The van der Waals surface area contributed by atoms with Crippen molar-refractivity contribution in [2.75, 3.05) is 12.4 Å². The second-order valence-electron chi connectivity index (χ2n) is 11.0. The average Bonchev–Trinajstić information content (AvgIpc) is 3.41. The van der Waals surface area contributed by atoms with E-state index in [9.17, 15) is 19.2 Å². The first-order chi connectivity index (χ1) is 18.1. The summed E-state index contributed by atoms with van der Waals surface area (Å²) < 4.78 is 21.7. The maximum Gasteiger partial charge on any atom is 0.413 e. The maximum absolute atomic E-state index is 14.2. The number of aryl methyl sites for hydroxylation is 1. The fourth-order valence-electron chi connectivity index (χ4n) is 6.98. The lowest BCUT2D eigenvalue weighted by molar-refractivity contribution is -0.207. The SMILES string of the molecule is COC(=O)[C@@H]1C[C@H](OC(=O)Nc2cnc(C)cn2)C(=O)[C@H]2[C@@]1(C)CC[C@H]1C(=O)O[C@H](c3ccoc3)C[C@]21C. The van der Waals surface area contributed by atoms with E-state index in [4.69, 9.17) is 18.6 Å². The summed E-state index contributed by atoms with van der Waals surface area (Å²) in [5, 5.41) is 2.49. The summed E-state index contributed by atoms with van der Waals surface area (Å²) in [6.07, 6.45) is 4.47. The molecule has 0 unspecified atom stereocenters. The fraction of sp³-hybridized carbons (Fsp3) is 0.556. The van der Waals surface area contributed by atoms with E-state index in [2.05, 4.69) is 15.3 Å². The minimum absolute atomic E-state index is 0.0120. The highest BCUT2D eigenvalue weighted by Gasteiger charge is 2.67.